The zero-order valence-corrected chi connectivity index (χ0v) is 13.7. The van der Waals surface area contributed by atoms with Gasteiger partial charge in [0.05, 0.1) is 0 Å². The Morgan fingerprint density at radius 1 is 0.700 bits per heavy atom. The van der Waals surface area contributed by atoms with Crippen molar-refractivity contribution >= 4 is 16.5 Å². The normalized spacial score (nSPS) is 12.6. The molecule has 0 saturated heterocycles. The van der Waals surface area contributed by atoms with Crippen LogP contribution in [0.25, 0.3) is 4.65 Å². The molecule has 0 aromatic heterocycles. The van der Waals surface area contributed by atoms with Gasteiger partial charge >= 0.3 is 0 Å². The maximum atomic E-state index is 4.82. The molecule has 0 fully saturated rings. The van der Waals surface area contributed by atoms with Gasteiger partial charge in [0.1, 0.15) is 0 Å². The van der Waals surface area contributed by atoms with Crippen LogP contribution in [0.4, 0.5) is 0 Å². The van der Waals surface area contributed by atoms with Gasteiger partial charge in [-0.3, -0.25) is 0 Å². The summed E-state index contributed by atoms with van der Waals surface area (Å²) in [6.07, 6.45) is 0. The summed E-state index contributed by atoms with van der Waals surface area (Å²) in [6, 6.07) is 0. The van der Waals surface area contributed by atoms with E-state index in [1.165, 1.54) is 0 Å². The molecule has 0 saturated carbocycles. The van der Waals surface area contributed by atoms with Gasteiger partial charge in [-0.05, 0) is 0 Å². The summed E-state index contributed by atoms with van der Waals surface area (Å²) in [5.41, 5.74) is 0. The van der Waals surface area contributed by atoms with Gasteiger partial charge in [-0.15, -0.1) is 0 Å². The third-order valence-corrected chi connectivity index (χ3v) is 6.04. The topological polar surface area (TPSA) is 14.1 Å². The Labute approximate surface area is 95.1 Å². The standard InChI is InChI=1S/C6H18NSi2.La/c1-8(2,3)7-9(4,5)6;/h1-6H3;/q-1;. The minimum Gasteiger partial charge on any atom is -0.668 e. The van der Waals surface area contributed by atoms with Crippen LogP contribution in [-0.4, -0.2) is 16.5 Å². The van der Waals surface area contributed by atoms with Crippen LogP contribution in [-0.2, 0) is 0 Å². The minimum absolute atomic E-state index is 0. The first kappa shape index (κ1) is 14.1. The minimum atomic E-state index is -1.11. The van der Waals surface area contributed by atoms with E-state index in [0.29, 0.717) is 0 Å². The van der Waals surface area contributed by atoms with Crippen molar-refractivity contribution in [1.82, 2.24) is 0 Å². The SMILES string of the molecule is C[Si](C)(C)[N-][Si](C)(C)C.[La]. The van der Waals surface area contributed by atoms with Crippen molar-refractivity contribution in [3.05, 3.63) is 4.65 Å². The Hall–Kier alpha value is 1.59. The number of hydrogen-bond donors (Lipinski definition) is 0. The maximum Gasteiger partial charge on any atom is 0 e. The molecule has 0 atom stereocenters. The Morgan fingerprint density at radius 3 is 0.900 bits per heavy atom. The Morgan fingerprint density at radius 2 is 0.900 bits per heavy atom. The second-order valence-electron chi connectivity index (χ2n) is 4.45. The van der Waals surface area contributed by atoms with Crippen LogP contribution in [0.15, 0.2) is 0 Å². The van der Waals surface area contributed by atoms with E-state index in [0.717, 1.165) is 0 Å². The predicted octanol–water partition coefficient (Wildman–Crippen LogP) is 3.03. The van der Waals surface area contributed by atoms with Crippen molar-refractivity contribution in [3.63, 3.8) is 0 Å². The average Bonchev–Trinajstić information content (AvgIpc) is 1.14. The van der Waals surface area contributed by atoms with Crippen molar-refractivity contribution in [2.75, 3.05) is 0 Å². The molecule has 0 aliphatic carbocycles. The second-order valence-corrected chi connectivity index (χ2v) is 14.0. The van der Waals surface area contributed by atoms with E-state index in [1.807, 2.05) is 0 Å². The first-order valence-corrected chi connectivity index (χ1v) is 10.3. The number of nitrogens with zero attached hydrogens (tertiary/aromatic N) is 1. The van der Waals surface area contributed by atoms with Crippen molar-refractivity contribution < 1.29 is 35.6 Å². The Bertz CT molecular complexity index is 80.9. The van der Waals surface area contributed by atoms with Crippen LogP contribution in [0.5, 0.6) is 0 Å². The van der Waals surface area contributed by atoms with E-state index in [-0.39, 0.29) is 35.6 Å². The molecule has 0 N–H and O–H groups in total. The van der Waals surface area contributed by atoms with Crippen molar-refractivity contribution in [1.29, 1.82) is 0 Å². The van der Waals surface area contributed by atoms with Crippen molar-refractivity contribution in [2.45, 2.75) is 39.3 Å². The zero-order valence-electron chi connectivity index (χ0n) is 8.02. The van der Waals surface area contributed by atoms with Crippen molar-refractivity contribution in [2.24, 2.45) is 0 Å². The molecular formula is C6H18LaNSi2-. The van der Waals surface area contributed by atoms with Gasteiger partial charge in [0.25, 0.3) is 0 Å². The molecule has 0 bridgehead atoms. The molecule has 0 unspecified atom stereocenters. The first-order valence-electron chi connectivity index (χ1n) is 3.45. The van der Waals surface area contributed by atoms with E-state index in [4.69, 9.17) is 4.65 Å². The first-order chi connectivity index (χ1) is 3.71. The van der Waals surface area contributed by atoms with E-state index in [2.05, 4.69) is 39.3 Å². The van der Waals surface area contributed by atoms with Gasteiger partial charge in [-0.1, -0.05) is 55.8 Å². The molecule has 0 amide bonds. The molecule has 0 aromatic rings. The van der Waals surface area contributed by atoms with Gasteiger partial charge in [0.2, 0.25) is 0 Å². The number of hydrogen-bond acceptors (Lipinski definition) is 0. The summed E-state index contributed by atoms with van der Waals surface area (Å²) in [4.78, 5) is 0. The summed E-state index contributed by atoms with van der Waals surface area (Å²) in [5, 5.41) is 0. The quantitative estimate of drug-likeness (QED) is 0.696. The molecular weight excluding hydrogens is 281 g/mol. The van der Waals surface area contributed by atoms with E-state index in [9.17, 15) is 0 Å². The summed E-state index contributed by atoms with van der Waals surface area (Å²) in [7, 11) is -2.21. The van der Waals surface area contributed by atoms with Gasteiger partial charge in [-0.2, -0.15) is 0 Å². The molecule has 0 heterocycles. The number of rotatable bonds is 2. The fraction of sp³-hybridized carbons (Fsp3) is 1.00. The molecule has 0 rings (SSSR count). The maximum absolute atomic E-state index is 4.82. The largest absolute Gasteiger partial charge is 0.668 e. The molecule has 0 spiro atoms. The van der Waals surface area contributed by atoms with E-state index in [1.54, 1.807) is 0 Å². The summed E-state index contributed by atoms with van der Waals surface area (Å²) >= 11 is 0. The third-order valence-electron chi connectivity index (χ3n) is 0.671. The van der Waals surface area contributed by atoms with Crippen molar-refractivity contribution in [3.8, 4) is 0 Å². The molecule has 1 nitrogen and oxygen atoms in total. The molecule has 59 valence electrons. The monoisotopic (exact) mass is 299 g/mol. The van der Waals surface area contributed by atoms with Gasteiger partial charge < -0.3 is 4.65 Å². The Balaban J connectivity index is 0. The predicted molar refractivity (Wildman–Crippen MR) is 50.1 cm³/mol. The molecule has 1 radical (unpaired) electrons. The molecule has 10 heavy (non-hydrogen) atoms. The molecule has 0 aromatic carbocycles. The third kappa shape index (κ3) is 12.3. The summed E-state index contributed by atoms with van der Waals surface area (Å²) in [5.74, 6) is 0. The van der Waals surface area contributed by atoms with Crippen LogP contribution < -0.4 is 0 Å². The van der Waals surface area contributed by atoms with Crippen LogP contribution in [0.2, 0.25) is 39.3 Å². The van der Waals surface area contributed by atoms with Crippen LogP contribution in [0.1, 0.15) is 0 Å². The fourth-order valence-electron chi connectivity index (χ4n) is 1.01. The average molecular weight is 299 g/mol. The van der Waals surface area contributed by atoms with Crippen LogP contribution in [0, 0.1) is 35.6 Å². The van der Waals surface area contributed by atoms with Crippen LogP contribution >= 0.6 is 0 Å². The van der Waals surface area contributed by atoms with Gasteiger partial charge in [-0.25, -0.2) is 0 Å². The smallest absolute Gasteiger partial charge is 0 e. The fourth-order valence-corrected chi connectivity index (χ4v) is 9.06. The molecule has 0 aliphatic rings. The Kier molecular flexibility index (Phi) is 6.46. The van der Waals surface area contributed by atoms with Crippen LogP contribution in [0.3, 0.4) is 0 Å². The summed E-state index contributed by atoms with van der Waals surface area (Å²) < 4.78 is 4.82. The van der Waals surface area contributed by atoms with Gasteiger partial charge in [0.15, 0.2) is 0 Å². The summed E-state index contributed by atoms with van der Waals surface area (Å²) in [6.45, 7) is 13.8. The van der Waals surface area contributed by atoms with Gasteiger partial charge in [0, 0.05) is 35.6 Å². The zero-order chi connectivity index (χ0) is 7.71. The second kappa shape index (κ2) is 4.57. The molecule has 4 heteroatoms. The van der Waals surface area contributed by atoms with E-state index < -0.39 is 16.5 Å². The van der Waals surface area contributed by atoms with E-state index >= 15 is 0 Å². The molecule has 0 aliphatic heterocycles.